The summed E-state index contributed by atoms with van der Waals surface area (Å²) in [5.74, 6) is 0.714. The van der Waals surface area contributed by atoms with Crippen molar-refractivity contribution in [2.45, 2.75) is 0 Å². The van der Waals surface area contributed by atoms with E-state index >= 15 is 0 Å². The molecule has 1 aromatic heterocycles. The topological polar surface area (TPSA) is 24.9 Å². The Hall–Kier alpha value is -1.77. The van der Waals surface area contributed by atoms with Gasteiger partial charge in [-0.05, 0) is 30.3 Å². The lowest BCUT2D eigenvalue weighted by Gasteiger charge is -2.08. The van der Waals surface area contributed by atoms with Gasteiger partial charge in [-0.15, -0.1) is 0 Å². The summed E-state index contributed by atoms with van der Waals surface area (Å²) in [6.45, 7) is 0. The molecule has 0 aliphatic carbocycles. The van der Waals surface area contributed by atoms with E-state index in [1.54, 1.807) is 0 Å². The molecule has 2 nitrogen and oxygen atoms in total. The third-order valence-electron chi connectivity index (χ3n) is 2.78. The number of nitrogens with one attached hydrogen (secondary N) is 1. The van der Waals surface area contributed by atoms with Crippen LogP contribution in [0.2, 0.25) is 10.0 Å². The van der Waals surface area contributed by atoms with Gasteiger partial charge in [0.15, 0.2) is 0 Å². The lowest BCUT2D eigenvalue weighted by molar-refractivity contribution is 1.37. The maximum Gasteiger partial charge on any atom is 0.132 e. The quantitative estimate of drug-likeness (QED) is 0.693. The van der Waals surface area contributed by atoms with Crippen molar-refractivity contribution in [1.29, 1.82) is 0 Å². The monoisotopic (exact) mass is 288 g/mol. The number of benzene rings is 2. The van der Waals surface area contributed by atoms with Gasteiger partial charge in [0.1, 0.15) is 5.82 Å². The van der Waals surface area contributed by atoms with Crippen LogP contribution >= 0.6 is 23.2 Å². The zero-order valence-electron chi connectivity index (χ0n) is 9.90. The smallest absolute Gasteiger partial charge is 0.132 e. The third-order valence-corrected chi connectivity index (χ3v) is 3.35. The van der Waals surface area contributed by atoms with Crippen molar-refractivity contribution >= 4 is 45.6 Å². The fourth-order valence-corrected chi connectivity index (χ4v) is 2.27. The number of pyridine rings is 1. The van der Waals surface area contributed by atoms with Gasteiger partial charge in [0, 0.05) is 22.2 Å². The van der Waals surface area contributed by atoms with Crippen molar-refractivity contribution in [3.63, 3.8) is 0 Å². The minimum atomic E-state index is 0.682. The molecule has 1 N–H and O–H groups in total. The maximum atomic E-state index is 6.25. The number of para-hydroxylation sites is 1. The summed E-state index contributed by atoms with van der Waals surface area (Å²) in [6.07, 6.45) is 0. The maximum absolute atomic E-state index is 6.25. The highest BCUT2D eigenvalue weighted by molar-refractivity contribution is 6.35. The summed E-state index contributed by atoms with van der Waals surface area (Å²) >= 11 is 12.1. The molecule has 0 atom stereocenters. The number of halogens is 2. The molecule has 0 bridgehead atoms. The predicted octanol–water partition coefficient (Wildman–Crippen LogP) is 5.29. The molecule has 0 radical (unpaired) electrons. The van der Waals surface area contributed by atoms with Crippen molar-refractivity contribution in [3.05, 3.63) is 64.6 Å². The molecule has 0 spiro atoms. The number of hydrogen-bond donors (Lipinski definition) is 1. The molecule has 0 fully saturated rings. The second-order valence-electron chi connectivity index (χ2n) is 4.14. The highest BCUT2D eigenvalue weighted by Crippen LogP contribution is 2.26. The number of nitrogens with zero attached hydrogens (tertiary/aromatic N) is 1. The van der Waals surface area contributed by atoms with Crippen molar-refractivity contribution in [1.82, 2.24) is 4.98 Å². The van der Waals surface area contributed by atoms with Gasteiger partial charge in [-0.2, -0.15) is 0 Å². The summed E-state index contributed by atoms with van der Waals surface area (Å²) < 4.78 is 0. The van der Waals surface area contributed by atoms with Crippen molar-refractivity contribution in [3.8, 4) is 0 Å². The Morgan fingerprint density at radius 1 is 0.895 bits per heavy atom. The fourth-order valence-electron chi connectivity index (χ4n) is 1.88. The van der Waals surface area contributed by atoms with Crippen LogP contribution in [0.25, 0.3) is 10.9 Å². The van der Waals surface area contributed by atoms with E-state index in [1.807, 2.05) is 54.6 Å². The molecule has 94 valence electrons. The lowest BCUT2D eigenvalue weighted by atomic mass is 10.2. The molecule has 0 aliphatic heterocycles. The minimum absolute atomic E-state index is 0.682. The lowest BCUT2D eigenvalue weighted by Crippen LogP contribution is -1.94. The van der Waals surface area contributed by atoms with E-state index < -0.39 is 0 Å². The molecule has 4 heteroatoms. The van der Waals surface area contributed by atoms with Crippen LogP contribution in [0.1, 0.15) is 0 Å². The Labute approximate surface area is 121 Å². The van der Waals surface area contributed by atoms with Gasteiger partial charge in [0.2, 0.25) is 0 Å². The average molecular weight is 289 g/mol. The van der Waals surface area contributed by atoms with Gasteiger partial charge in [-0.1, -0.05) is 41.4 Å². The van der Waals surface area contributed by atoms with Gasteiger partial charge in [-0.25, -0.2) is 4.98 Å². The van der Waals surface area contributed by atoms with Crippen molar-refractivity contribution < 1.29 is 0 Å². The summed E-state index contributed by atoms with van der Waals surface area (Å²) in [5.41, 5.74) is 1.79. The van der Waals surface area contributed by atoms with Crippen LogP contribution in [0.5, 0.6) is 0 Å². The molecule has 2 aromatic carbocycles. The number of anilines is 2. The number of fused-ring (bicyclic) bond motifs is 1. The molecule has 0 unspecified atom stereocenters. The number of hydrogen-bond acceptors (Lipinski definition) is 2. The zero-order valence-corrected chi connectivity index (χ0v) is 11.4. The van der Waals surface area contributed by atoms with E-state index in [1.165, 1.54) is 0 Å². The summed E-state index contributed by atoms with van der Waals surface area (Å²) in [7, 11) is 0. The molecular formula is C15H10Cl2N2. The van der Waals surface area contributed by atoms with Gasteiger partial charge in [0.25, 0.3) is 0 Å². The summed E-state index contributed by atoms with van der Waals surface area (Å²) in [4.78, 5) is 4.53. The largest absolute Gasteiger partial charge is 0.340 e. The first kappa shape index (κ1) is 12.3. The van der Waals surface area contributed by atoms with Gasteiger partial charge in [-0.3, -0.25) is 0 Å². The Morgan fingerprint density at radius 3 is 2.42 bits per heavy atom. The molecule has 3 aromatic rings. The first-order valence-electron chi connectivity index (χ1n) is 5.80. The molecule has 19 heavy (non-hydrogen) atoms. The Kier molecular flexibility index (Phi) is 3.28. The molecule has 0 saturated carbocycles. The Bertz CT molecular complexity index is 724. The van der Waals surface area contributed by atoms with Crippen molar-refractivity contribution in [2.24, 2.45) is 0 Å². The Morgan fingerprint density at radius 2 is 1.63 bits per heavy atom. The second kappa shape index (κ2) is 5.08. The highest BCUT2D eigenvalue weighted by atomic mass is 35.5. The van der Waals surface area contributed by atoms with Crippen LogP contribution in [0.15, 0.2) is 54.6 Å². The molecular weight excluding hydrogens is 279 g/mol. The van der Waals surface area contributed by atoms with Gasteiger partial charge >= 0.3 is 0 Å². The summed E-state index contributed by atoms with van der Waals surface area (Å²) in [6, 6.07) is 17.0. The van der Waals surface area contributed by atoms with Crippen molar-refractivity contribution in [2.75, 3.05) is 5.32 Å². The molecule has 3 rings (SSSR count). The predicted molar refractivity (Wildman–Crippen MR) is 81.5 cm³/mol. The summed E-state index contributed by atoms with van der Waals surface area (Å²) in [5, 5.41) is 5.55. The highest BCUT2D eigenvalue weighted by Gasteiger charge is 2.03. The number of aromatic nitrogens is 1. The van der Waals surface area contributed by atoms with E-state index in [2.05, 4.69) is 10.3 Å². The van der Waals surface area contributed by atoms with E-state index in [4.69, 9.17) is 23.2 Å². The van der Waals surface area contributed by atoms with Gasteiger partial charge < -0.3 is 5.32 Å². The van der Waals surface area contributed by atoms with E-state index in [0.717, 1.165) is 16.6 Å². The first-order valence-corrected chi connectivity index (χ1v) is 6.56. The first-order chi connectivity index (χ1) is 9.22. The van der Waals surface area contributed by atoms with Crippen LogP contribution in [0.4, 0.5) is 11.5 Å². The third kappa shape index (κ3) is 2.65. The Balaban J connectivity index is 1.99. The fraction of sp³-hybridized carbons (Fsp3) is 0. The van der Waals surface area contributed by atoms with Crippen LogP contribution in [0.3, 0.4) is 0 Å². The molecule has 1 heterocycles. The van der Waals surface area contributed by atoms with Crippen LogP contribution in [-0.4, -0.2) is 4.98 Å². The minimum Gasteiger partial charge on any atom is -0.340 e. The molecule has 0 saturated heterocycles. The normalized spacial score (nSPS) is 10.6. The van der Waals surface area contributed by atoms with E-state index in [-0.39, 0.29) is 0 Å². The standard InChI is InChI=1S/C15H10Cl2N2/c16-10-5-7-11(8-6-10)18-15-9-13(17)12-3-1-2-4-14(12)19-15/h1-9H,(H,18,19). The zero-order chi connectivity index (χ0) is 13.2. The molecule has 0 amide bonds. The van der Waals surface area contributed by atoms with Crippen LogP contribution in [-0.2, 0) is 0 Å². The van der Waals surface area contributed by atoms with E-state index in [9.17, 15) is 0 Å². The average Bonchev–Trinajstić information content (AvgIpc) is 2.42. The number of rotatable bonds is 2. The van der Waals surface area contributed by atoms with Crippen LogP contribution in [0, 0.1) is 0 Å². The van der Waals surface area contributed by atoms with Crippen LogP contribution < -0.4 is 5.32 Å². The molecule has 0 aliphatic rings. The van der Waals surface area contributed by atoms with E-state index in [0.29, 0.717) is 15.9 Å². The van der Waals surface area contributed by atoms with Gasteiger partial charge in [0.05, 0.1) is 10.5 Å². The second-order valence-corrected chi connectivity index (χ2v) is 4.98. The SMILES string of the molecule is Clc1ccc(Nc2cc(Cl)c3ccccc3n2)cc1.